The van der Waals surface area contributed by atoms with Crippen LogP contribution >= 0.6 is 10.8 Å². The molecule has 0 saturated carbocycles. The molecule has 2 N–H and O–H groups in total. The van der Waals surface area contributed by atoms with Crippen molar-refractivity contribution in [2.45, 2.75) is 32.8 Å². The van der Waals surface area contributed by atoms with Crippen molar-refractivity contribution in [3.8, 4) is 0 Å². The first-order valence-corrected chi connectivity index (χ1v) is 8.23. The van der Waals surface area contributed by atoms with Gasteiger partial charge in [-0.25, -0.2) is 4.79 Å². The summed E-state index contributed by atoms with van der Waals surface area (Å²) in [5.41, 5.74) is 0.648. The van der Waals surface area contributed by atoms with Gasteiger partial charge in [-0.1, -0.05) is 0 Å². The molecule has 1 aliphatic heterocycles. The predicted octanol–water partition coefficient (Wildman–Crippen LogP) is 3.52. The van der Waals surface area contributed by atoms with Gasteiger partial charge in [0, 0.05) is 6.54 Å². The summed E-state index contributed by atoms with van der Waals surface area (Å²) in [5.74, 6) is 0.0259. The monoisotopic (exact) mass is 299 g/mol. The minimum absolute atomic E-state index is 0.378. The number of esters is 1. The Bertz CT molecular complexity index is 493. The van der Waals surface area contributed by atoms with E-state index in [4.69, 9.17) is 4.74 Å². The first-order chi connectivity index (χ1) is 9.19. The van der Waals surface area contributed by atoms with Gasteiger partial charge in [-0.15, -0.1) is 10.8 Å². The first kappa shape index (κ1) is 15.2. The summed E-state index contributed by atoms with van der Waals surface area (Å²) in [5, 5.41) is 0. The second-order valence-electron chi connectivity index (χ2n) is 5.84. The SMILES string of the molecule is CC(C)(C)OC(=O)c1ccc(N2CCCS2(O)O)cc1. The lowest BCUT2D eigenvalue weighted by Crippen LogP contribution is -2.24. The standard InChI is InChI=1S/C14H21NO4S/c1-14(2,3)19-13(16)11-5-7-12(8-6-11)15-9-4-10-20(15,17)18/h5-8,17-18H,4,9-10H2,1-3H3. The van der Waals surface area contributed by atoms with Crippen LogP contribution in [-0.4, -0.2) is 33.0 Å². The van der Waals surface area contributed by atoms with E-state index in [1.54, 1.807) is 28.6 Å². The van der Waals surface area contributed by atoms with Gasteiger partial charge in [0.05, 0.1) is 17.0 Å². The fourth-order valence-corrected chi connectivity index (χ4v) is 3.67. The molecule has 0 aliphatic carbocycles. The highest BCUT2D eigenvalue weighted by Crippen LogP contribution is 2.50. The molecule has 0 unspecified atom stereocenters. The van der Waals surface area contributed by atoms with Gasteiger partial charge in [0.15, 0.2) is 0 Å². The topological polar surface area (TPSA) is 70.0 Å². The molecule has 1 aromatic rings. The maximum atomic E-state index is 11.9. The fraction of sp³-hybridized carbons (Fsp3) is 0.500. The van der Waals surface area contributed by atoms with E-state index in [0.29, 0.717) is 17.9 Å². The summed E-state index contributed by atoms with van der Waals surface area (Å²) in [6.07, 6.45) is 0.760. The Hall–Kier alpha value is -1.24. The molecule has 5 nitrogen and oxygen atoms in total. The second kappa shape index (κ2) is 5.27. The smallest absolute Gasteiger partial charge is 0.338 e. The lowest BCUT2D eigenvalue weighted by molar-refractivity contribution is 0.00695. The number of ether oxygens (including phenoxy) is 1. The summed E-state index contributed by atoms with van der Waals surface area (Å²) < 4.78 is 26.7. The van der Waals surface area contributed by atoms with Crippen LogP contribution in [0.4, 0.5) is 5.69 Å². The molecule has 112 valence electrons. The molecule has 2 rings (SSSR count). The molecule has 20 heavy (non-hydrogen) atoms. The van der Waals surface area contributed by atoms with Crippen molar-refractivity contribution in [3.05, 3.63) is 29.8 Å². The summed E-state index contributed by atoms with van der Waals surface area (Å²) in [6, 6.07) is 6.74. The third-order valence-corrected chi connectivity index (χ3v) is 4.86. The molecular weight excluding hydrogens is 278 g/mol. The molecular formula is C14H21NO4S. The Morgan fingerprint density at radius 3 is 2.30 bits per heavy atom. The lowest BCUT2D eigenvalue weighted by Gasteiger charge is -2.38. The summed E-state index contributed by atoms with van der Waals surface area (Å²) in [7, 11) is -2.68. The van der Waals surface area contributed by atoms with Crippen LogP contribution in [0.25, 0.3) is 0 Å². The van der Waals surface area contributed by atoms with Crippen molar-refractivity contribution >= 4 is 22.4 Å². The zero-order valence-electron chi connectivity index (χ0n) is 12.0. The van der Waals surface area contributed by atoms with Crippen LogP contribution in [0.15, 0.2) is 24.3 Å². The Morgan fingerprint density at radius 2 is 1.85 bits per heavy atom. The van der Waals surface area contributed by atoms with Crippen molar-refractivity contribution in [2.24, 2.45) is 0 Å². The maximum Gasteiger partial charge on any atom is 0.338 e. The van der Waals surface area contributed by atoms with Crippen LogP contribution in [0, 0.1) is 0 Å². The molecule has 1 fully saturated rings. The van der Waals surface area contributed by atoms with Crippen molar-refractivity contribution in [2.75, 3.05) is 16.6 Å². The summed E-state index contributed by atoms with van der Waals surface area (Å²) >= 11 is 0. The third-order valence-electron chi connectivity index (χ3n) is 2.92. The molecule has 0 radical (unpaired) electrons. The van der Waals surface area contributed by atoms with Crippen molar-refractivity contribution in [1.29, 1.82) is 0 Å². The predicted molar refractivity (Wildman–Crippen MR) is 81.3 cm³/mol. The zero-order valence-corrected chi connectivity index (χ0v) is 12.8. The van der Waals surface area contributed by atoms with E-state index in [9.17, 15) is 13.9 Å². The van der Waals surface area contributed by atoms with E-state index in [-0.39, 0.29) is 5.97 Å². The Kier molecular flexibility index (Phi) is 4.00. The molecule has 6 heteroatoms. The minimum atomic E-state index is -2.68. The third kappa shape index (κ3) is 3.45. The molecule has 1 aliphatic rings. The first-order valence-electron chi connectivity index (χ1n) is 6.56. The number of carbonyl (C=O) groups excluding carboxylic acids is 1. The van der Waals surface area contributed by atoms with E-state index in [2.05, 4.69) is 0 Å². The van der Waals surface area contributed by atoms with Gasteiger partial charge in [0.2, 0.25) is 0 Å². The Morgan fingerprint density at radius 1 is 1.25 bits per heavy atom. The highest BCUT2D eigenvalue weighted by Gasteiger charge is 2.29. The van der Waals surface area contributed by atoms with Gasteiger partial charge >= 0.3 is 5.97 Å². The van der Waals surface area contributed by atoms with Gasteiger partial charge in [-0.2, -0.15) is 0 Å². The van der Waals surface area contributed by atoms with Gasteiger partial charge in [-0.05, 0) is 51.5 Å². The molecule has 0 bridgehead atoms. The molecule has 1 saturated heterocycles. The van der Waals surface area contributed by atoms with Gasteiger partial charge < -0.3 is 4.74 Å². The molecule has 1 aromatic carbocycles. The second-order valence-corrected chi connectivity index (χ2v) is 7.95. The van der Waals surface area contributed by atoms with Crippen LogP contribution < -0.4 is 4.31 Å². The summed E-state index contributed by atoms with van der Waals surface area (Å²) in [6.45, 7) is 6.07. The number of benzene rings is 1. The van der Waals surface area contributed by atoms with Crippen LogP contribution in [0.5, 0.6) is 0 Å². The van der Waals surface area contributed by atoms with E-state index in [1.807, 2.05) is 20.8 Å². The van der Waals surface area contributed by atoms with E-state index in [0.717, 1.165) is 12.1 Å². The number of carbonyl (C=O) groups is 1. The fourth-order valence-electron chi connectivity index (χ4n) is 2.06. The maximum absolute atomic E-state index is 11.9. The van der Waals surface area contributed by atoms with Crippen molar-refractivity contribution < 1.29 is 18.6 Å². The van der Waals surface area contributed by atoms with E-state index >= 15 is 0 Å². The number of hydrogen-bond donors (Lipinski definition) is 2. The molecule has 0 atom stereocenters. The van der Waals surface area contributed by atoms with E-state index in [1.165, 1.54) is 0 Å². The summed E-state index contributed by atoms with van der Waals surface area (Å²) in [4.78, 5) is 11.9. The van der Waals surface area contributed by atoms with Crippen molar-refractivity contribution in [3.63, 3.8) is 0 Å². The molecule has 0 spiro atoms. The van der Waals surface area contributed by atoms with Gasteiger partial charge in [-0.3, -0.25) is 13.4 Å². The molecule has 1 heterocycles. The Labute approximate surface area is 121 Å². The largest absolute Gasteiger partial charge is 0.456 e. The average molecular weight is 299 g/mol. The number of rotatable bonds is 2. The van der Waals surface area contributed by atoms with Gasteiger partial charge in [0.25, 0.3) is 0 Å². The van der Waals surface area contributed by atoms with Crippen LogP contribution in [0.3, 0.4) is 0 Å². The zero-order chi connectivity index (χ0) is 15.0. The molecule has 0 aromatic heterocycles. The minimum Gasteiger partial charge on any atom is -0.456 e. The number of anilines is 1. The van der Waals surface area contributed by atoms with Crippen LogP contribution in [-0.2, 0) is 4.74 Å². The van der Waals surface area contributed by atoms with Crippen LogP contribution in [0.2, 0.25) is 0 Å². The number of nitrogens with zero attached hydrogens (tertiary/aromatic N) is 1. The highest BCUT2D eigenvalue weighted by molar-refractivity contribution is 8.25. The quantitative estimate of drug-likeness (QED) is 0.818. The lowest BCUT2D eigenvalue weighted by atomic mass is 10.1. The highest BCUT2D eigenvalue weighted by atomic mass is 32.3. The Balaban J connectivity index is 2.13. The van der Waals surface area contributed by atoms with Gasteiger partial charge in [0.1, 0.15) is 5.60 Å². The average Bonchev–Trinajstić information content (AvgIpc) is 2.67. The number of hydrogen-bond acceptors (Lipinski definition) is 5. The molecule has 0 amide bonds. The van der Waals surface area contributed by atoms with Crippen LogP contribution in [0.1, 0.15) is 37.6 Å². The van der Waals surface area contributed by atoms with E-state index < -0.39 is 16.4 Å². The van der Waals surface area contributed by atoms with Crippen molar-refractivity contribution in [1.82, 2.24) is 0 Å². The normalized spacial score (nSPS) is 19.8.